The molecular formula is C33H55N2O8S2+. The lowest BCUT2D eigenvalue weighted by Crippen LogP contribution is -2.42. The standard InChI is InChI=1S/C33H54N2O8S2/c1-4-25(20-32-34(14-8-9-16-44(36,37)38)28-18-23(2)24(3)19-31(28)43-32)21-33-35(15-17-45(39,40)41)29-22-27(12-13-30(29)42-33)26-10-6-5-7-11-26/h20-21,23-24,26-31H,4-19,22H2,1-3H3,(H-,36,37,38,39,40,41)/p+1. The molecule has 5 aliphatic rings. The van der Waals surface area contributed by atoms with Gasteiger partial charge in [-0.15, -0.1) is 0 Å². The summed E-state index contributed by atoms with van der Waals surface area (Å²) in [5, 5.41) is 0. The summed E-state index contributed by atoms with van der Waals surface area (Å²) >= 11 is 0. The summed E-state index contributed by atoms with van der Waals surface area (Å²) in [6.07, 6.45) is 17.4. The van der Waals surface area contributed by atoms with Crippen molar-refractivity contribution in [1.29, 1.82) is 0 Å². The monoisotopic (exact) mass is 671 g/mol. The van der Waals surface area contributed by atoms with Gasteiger partial charge in [-0.3, -0.25) is 9.11 Å². The van der Waals surface area contributed by atoms with Crippen LogP contribution in [0, 0.1) is 23.7 Å². The Kier molecular flexibility index (Phi) is 11.3. The van der Waals surface area contributed by atoms with Crippen LogP contribution in [0.2, 0.25) is 0 Å². The molecule has 2 heterocycles. The molecule has 2 N–H and O–H groups in total. The Labute approximate surface area is 270 Å². The molecule has 0 radical (unpaired) electrons. The fourth-order valence-corrected chi connectivity index (χ4v) is 9.52. The third-order valence-corrected chi connectivity index (χ3v) is 12.8. The second-order valence-electron chi connectivity index (χ2n) is 14.4. The zero-order chi connectivity index (χ0) is 32.4. The Bertz CT molecular complexity index is 1350. The highest BCUT2D eigenvalue weighted by molar-refractivity contribution is 7.86. The summed E-state index contributed by atoms with van der Waals surface area (Å²) in [4.78, 5) is 2.28. The van der Waals surface area contributed by atoms with Gasteiger partial charge in [0.25, 0.3) is 20.2 Å². The second-order valence-corrected chi connectivity index (χ2v) is 17.5. The van der Waals surface area contributed by atoms with E-state index in [1.165, 1.54) is 32.1 Å². The molecule has 7 unspecified atom stereocenters. The molecule has 4 fully saturated rings. The quantitative estimate of drug-likeness (QED) is 0.159. The molecule has 256 valence electrons. The van der Waals surface area contributed by atoms with E-state index < -0.39 is 20.2 Å². The Balaban J connectivity index is 1.40. The SMILES string of the molecule is CCC(=CC1=[N+](CCS(=O)(=O)O)C2CC(C3CCCCC3)CCC2O1)C=C1OC2CC(C)C(C)CC2N1CCCCS(=O)(=O)O. The van der Waals surface area contributed by atoms with Crippen LogP contribution in [0.3, 0.4) is 0 Å². The van der Waals surface area contributed by atoms with Crippen molar-refractivity contribution in [3.63, 3.8) is 0 Å². The molecule has 3 saturated carbocycles. The number of allylic oxidation sites excluding steroid dienone is 2. The molecule has 5 rings (SSSR count). The fraction of sp³-hybridized carbons (Fsp3) is 0.848. The van der Waals surface area contributed by atoms with Gasteiger partial charge in [0.1, 0.15) is 11.9 Å². The lowest BCUT2D eigenvalue weighted by atomic mass is 9.71. The van der Waals surface area contributed by atoms with Crippen molar-refractivity contribution in [2.45, 2.75) is 129 Å². The van der Waals surface area contributed by atoms with Crippen LogP contribution >= 0.6 is 0 Å². The third-order valence-electron chi connectivity index (χ3n) is 11.3. The van der Waals surface area contributed by atoms with E-state index in [9.17, 15) is 25.9 Å². The predicted octanol–water partition coefficient (Wildman–Crippen LogP) is 5.41. The number of unbranched alkanes of at least 4 members (excludes halogenated alkanes) is 1. The van der Waals surface area contributed by atoms with Crippen molar-refractivity contribution in [1.82, 2.24) is 4.90 Å². The normalized spacial score (nSPS) is 34.1. The number of nitrogens with zero attached hydrogens (tertiary/aromatic N) is 2. The van der Waals surface area contributed by atoms with E-state index in [-0.39, 0.29) is 42.3 Å². The van der Waals surface area contributed by atoms with Crippen LogP contribution in [0.5, 0.6) is 0 Å². The van der Waals surface area contributed by atoms with Crippen molar-refractivity contribution in [2.75, 3.05) is 24.6 Å². The van der Waals surface area contributed by atoms with Crippen LogP contribution in [-0.2, 0) is 29.7 Å². The molecule has 45 heavy (non-hydrogen) atoms. The van der Waals surface area contributed by atoms with E-state index in [0.29, 0.717) is 49.5 Å². The van der Waals surface area contributed by atoms with Gasteiger partial charge in [-0.2, -0.15) is 21.4 Å². The average molecular weight is 672 g/mol. The zero-order valence-corrected chi connectivity index (χ0v) is 29.0. The number of rotatable bonds is 12. The number of hydrogen-bond acceptors (Lipinski definition) is 7. The average Bonchev–Trinajstić information content (AvgIpc) is 3.49. The van der Waals surface area contributed by atoms with E-state index in [1.807, 2.05) is 6.08 Å². The van der Waals surface area contributed by atoms with Gasteiger partial charge in [0.2, 0.25) is 0 Å². The molecule has 0 aromatic rings. The Morgan fingerprint density at radius 2 is 1.58 bits per heavy atom. The van der Waals surface area contributed by atoms with Gasteiger partial charge in [-0.05, 0) is 74.2 Å². The molecule has 12 heteroatoms. The first kappa shape index (κ1) is 34.7. The summed E-state index contributed by atoms with van der Waals surface area (Å²) in [6, 6.07) is 0.310. The third kappa shape index (κ3) is 9.05. The summed E-state index contributed by atoms with van der Waals surface area (Å²) < 4.78 is 80.3. The zero-order valence-electron chi connectivity index (χ0n) is 27.3. The molecule has 1 saturated heterocycles. The van der Waals surface area contributed by atoms with Crippen LogP contribution in [0.4, 0.5) is 0 Å². The fourth-order valence-electron chi connectivity index (χ4n) is 8.53. The van der Waals surface area contributed by atoms with Crippen molar-refractivity contribution < 1.29 is 40.0 Å². The van der Waals surface area contributed by atoms with Gasteiger partial charge in [-0.1, -0.05) is 52.9 Å². The summed E-state index contributed by atoms with van der Waals surface area (Å²) in [5.41, 5.74) is 1.00. The molecule has 0 spiro atoms. The van der Waals surface area contributed by atoms with Gasteiger partial charge in [0.05, 0.1) is 17.9 Å². The van der Waals surface area contributed by atoms with Crippen molar-refractivity contribution in [3.05, 3.63) is 23.6 Å². The molecule has 0 bridgehead atoms. The second kappa shape index (κ2) is 14.6. The van der Waals surface area contributed by atoms with Crippen LogP contribution in [-0.4, -0.2) is 90.2 Å². The van der Waals surface area contributed by atoms with E-state index in [0.717, 1.165) is 49.5 Å². The highest BCUT2D eigenvalue weighted by Gasteiger charge is 2.49. The van der Waals surface area contributed by atoms with Crippen molar-refractivity contribution in [3.8, 4) is 0 Å². The highest BCUT2D eigenvalue weighted by Crippen LogP contribution is 2.43. The van der Waals surface area contributed by atoms with Crippen LogP contribution in [0.1, 0.15) is 104 Å². The maximum absolute atomic E-state index is 11.8. The number of ether oxygens (including phenoxy) is 2. The molecule has 10 nitrogen and oxygen atoms in total. The minimum Gasteiger partial charge on any atom is -0.474 e. The van der Waals surface area contributed by atoms with Crippen LogP contribution in [0.25, 0.3) is 0 Å². The first-order chi connectivity index (χ1) is 21.3. The molecule has 0 aromatic heterocycles. The van der Waals surface area contributed by atoms with Crippen molar-refractivity contribution >= 4 is 26.1 Å². The van der Waals surface area contributed by atoms with Gasteiger partial charge in [-0.25, -0.2) is 0 Å². The molecule has 3 aliphatic carbocycles. The van der Waals surface area contributed by atoms with Gasteiger partial charge >= 0.3 is 5.90 Å². The maximum atomic E-state index is 11.8. The van der Waals surface area contributed by atoms with E-state index in [1.54, 1.807) is 0 Å². The van der Waals surface area contributed by atoms with E-state index in [2.05, 4.69) is 36.3 Å². The highest BCUT2D eigenvalue weighted by atomic mass is 32.2. The maximum Gasteiger partial charge on any atom is 0.363 e. The van der Waals surface area contributed by atoms with E-state index >= 15 is 0 Å². The first-order valence-corrected chi connectivity index (χ1v) is 20.6. The summed E-state index contributed by atoms with van der Waals surface area (Å²) in [7, 11) is -8.13. The lowest BCUT2D eigenvalue weighted by molar-refractivity contribution is -0.559. The van der Waals surface area contributed by atoms with Crippen LogP contribution < -0.4 is 0 Å². The Morgan fingerprint density at radius 3 is 2.27 bits per heavy atom. The summed E-state index contributed by atoms with van der Waals surface area (Å²) in [6.45, 7) is 7.46. The van der Waals surface area contributed by atoms with E-state index in [4.69, 9.17) is 9.47 Å². The Morgan fingerprint density at radius 1 is 0.867 bits per heavy atom. The van der Waals surface area contributed by atoms with Crippen molar-refractivity contribution in [2.24, 2.45) is 23.7 Å². The largest absolute Gasteiger partial charge is 0.474 e. The lowest BCUT2D eigenvalue weighted by Gasteiger charge is -2.36. The number of fused-ring (bicyclic) bond motifs is 2. The molecule has 0 amide bonds. The van der Waals surface area contributed by atoms with Gasteiger partial charge in [0.15, 0.2) is 24.6 Å². The topological polar surface area (TPSA) is 133 Å². The molecule has 2 aliphatic heterocycles. The minimum absolute atomic E-state index is 0.0103. The smallest absolute Gasteiger partial charge is 0.363 e. The first-order valence-electron chi connectivity index (χ1n) is 17.4. The molecule has 0 aromatic carbocycles. The van der Waals surface area contributed by atoms with Gasteiger partial charge < -0.3 is 14.4 Å². The number of hydrogen-bond donors (Lipinski definition) is 2. The molecule has 7 atom stereocenters. The summed E-state index contributed by atoms with van der Waals surface area (Å²) in [5.74, 6) is 3.32. The van der Waals surface area contributed by atoms with Gasteiger partial charge in [0, 0.05) is 19.0 Å². The molecular weight excluding hydrogens is 617 g/mol. The minimum atomic E-state index is -4.13. The Hall–Kier alpha value is -1.63. The van der Waals surface area contributed by atoms with Crippen LogP contribution in [0.15, 0.2) is 23.6 Å². The predicted molar refractivity (Wildman–Crippen MR) is 174 cm³/mol.